The first kappa shape index (κ1) is 12.0. The fraction of sp³-hybridized carbons (Fsp3) is 0.571. The molecule has 1 heterocycles. The van der Waals surface area contributed by atoms with Crippen LogP contribution in [0.2, 0.25) is 0 Å². The highest BCUT2D eigenvalue weighted by Gasteiger charge is 2.19. The molecule has 1 aromatic rings. The largest absolute Gasteiger partial charge is 0.388 e. The van der Waals surface area contributed by atoms with Crippen molar-refractivity contribution >= 4 is 11.8 Å². The van der Waals surface area contributed by atoms with E-state index in [4.69, 9.17) is 0 Å². The van der Waals surface area contributed by atoms with E-state index in [1.165, 1.54) is 29.9 Å². The SMILES string of the molecule is Cc1ccccc1C(O)CC1CCSCC1. The number of rotatable bonds is 3. The van der Waals surface area contributed by atoms with Gasteiger partial charge in [0.25, 0.3) is 0 Å². The predicted octanol–water partition coefficient (Wildman–Crippen LogP) is 3.56. The van der Waals surface area contributed by atoms with Gasteiger partial charge in [-0.05, 0) is 54.7 Å². The molecule has 1 saturated heterocycles. The third-order valence-corrected chi connectivity index (χ3v) is 4.49. The lowest BCUT2D eigenvalue weighted by Crippen LogP contribution is -2.14. The maximum absolute atomic E-state index is 10.2. The molecular formula is C14H20OS. The number of aliphatic hydroxyl groups is 1. The molecule has 2 rings (SSSR count). The summed E-state index contributed by atoms with van der Waals surface area (Å²) >= 11 is 2.04. The van der Waals surface area contributed by atoms with Crippen LogP contribution in [0.4, 0.5) is 0 Å². The van der Waals surface area contributed by atoms with Crippen LogP contribution in [0, 0.1) is 12.8 Å². The van der Waals surface area contributed by atoms with Gasteiger partial charge in [-0.15, -0.1) is 0 Å². The Bertz CT molecular complexity index is 331. The molecule has 0 spiro atoms. The lowest BCUT2D eigenvalue weighted by atomic mass is 9.91. The van der Waals surface area contributed by atoms with Crippen LogP contribution >= 0.6 is 11.8 Å². The van der Waals surface area contributed by atoms with Crippen molar-refractivity contribution in [2.75, 3.05) is 11.5 Å². The maximum atomic E-state index is 10.2. The zero-order valence-corrected chi connectivity index (χ0v) is 10.7. The number of benzene rings is 1. The number of hydrogen-bond acceptors (Lipinski definition) is 2. The molecule has 1 N–H and O–H groups in total. The first-order valence-corrected chi connectivity index (χ1v) is 7.24. The number of aryl methyl sites for hydroxylation is 1. The molecule has 1 aromatic carbocycles. The lowest BCUT2D eigenvalue weighted by molar-refractivity contribution is 0.140. The molecule has 0 amide bonds. The zero-order valence-electron chi connectivity index (χ0n) is 9.86. The van der Waals surface area contributed by atoms with Crippen LogP contribution in [-0.4, -0.2) is 16.6 Å². The maximum Gasteiger partial charge on any atom is 0.0795 e. The average molecular weight is 236 g/mol. The number of aliphatic hydroxyl groups excluding tert-OH is 1. The first-order valence-electron chi connectivity index (χ1n) is 6.08. The number of hydrogen-bond donors (Lipinski definition) is 1. The Balaban J connectivity index is 1.96. The molecule has 88 valence electrons. The van der Waals surface area contributed by atoms with Crippen molar-refractivity contribution in [1.82, 2.24) is 0 Å². The summed E-state index contributed by atoms with van der Waals surface area (Å²) in [5.74, 6) is 3.26. The Morgan fingerprint density at radius 3 is 2.69 bits per heavy atom. The van der Waals surface area contributed by atoms with Crippen molar-refractivity contribution in [1.29, 1.82) is 0 Å². The zero-order chi connectivity index (χ0) is 11.4. The van der Waals surface area contributed by atoms with Gasteiger partial charge in [-0.25, -0.2) is 0 Å². The Morgan fingerprint density at radius 2 is 2.00 bits per heavy atom. The molecule has 0 aromatic heterocycles. The molecule has 0 bridgehead atoms. The predicted molar refractivity (Wildman–Crippen MR) is 70.8 cm³/mol. The summed E-state index contributed by atoms with van der Waals surface area (Å²) in [4.78, 5) is 0. The van der Waals surface area contributed by atoms with E-state index >= 15 is 0 Å². The van der Waals surface area contributed by atoms with Crippen LogP contribution in [0.3, 0.4) is 0 Å². The van der Waals surface area contributed by atoms with Crippen molar-refractivity contribution in [2.45, 2.75) is 32.3 Å². The molecule has 1 aliphatic heterocycles. The minimum atomic E-state index is -0.269. The van der Waals surface area contributed by atoms with Crippen LogP contribution in [0.15, 0.2) is 24.3 Å². The van der Waals surface area contributed by atoms with Crippen LogP contribution in [0.25, 0.3) is 0 Å². The van der Waals surface area contributed by atoms with Gasteiger partial charge < -0.3 is 5.11 Å². The van der Waals surface area contributed by atoms with Crippen molar-refractivity contribution in [3.05, 3.63) is 35.4 Å². The summed E-state index contributed by atoms with van der Waals surface area (Å²) in [6.45, 7) is 2.08. The summed E-state index contributed by atoms with van der Waals surface area (Å²) in [5, 5.41) is 10.2. The van der Waals surface area contributed by atoms with E-state index in [9.17, 15) is 5.11 Å². The molecule has 1 atom stereocenters. The Morgan fingerprint density at radius 1 is 1.31 bits per heavy atom. The van der Waals surface area contributed by atoms with E-state index in [2.05, 4.69) is 19.1 Å². The van der Waals surface area contributed by atoms with E-state index < -0.39 is 0 Å². The second-order valence-corrected chi connectivity index (χ2v) is 5.89. The standard InChI is InChI=1S/C14H20OS/c1-11-4-2-3-5-13(11)14(15)10-12-6-8-16-9-7-12/h2-5,12,14-15H,6-10H2,1H3. The molecule has 2 heteroatoms. The summed E-state index contributed by atoms with van der Waals surface area (Å²) in [6.07, 6.45) is 3.21. The lowest BCUT2D eigenvalue weighted by Gasteiger charge is -2.24. The summed E-state index contributed by atoms with van der Waals surface area (Å²) < 4.78 is 0. The van der Waals surface area contributed by atoms with E-state index in [1.54, 1.807) is 0 Å². The normalized spacial score (nSPS) is 19.6. The van der Waals surface area contributed by atoms with Gasteiger partial charge in [0.05, 0.1) is 6.10 Å². The Hall–Kier alpha value is -0.470. The monoisotopic (exact) mass is 236 g/mol. The highest BCUT2D eigenvalue weighted by Crippen LogP contribution is 2.31. The molecule has 0 saturated carbocycles. The van der Waals surface area contributed by atoms with Gasteiger partial charge >= 0.3 is 0 Å². The fourth-order valence-electron chi connectivity index (χ4n) is 2.39. The average Bonchev–Trinajstić information content (AvgIpc) is 2.31. The summed E-state index contributed by atoms with van der Waals surface area (Å²) in [7, 11) is 0. The first-order chi connectivity index (χ1) is 7.77. The molecule has 1 aliphatic rings. The number of thioether (sulfide) groups is 1. The van der Waals surface area contributed by atoms with E-state index in [-0.39, 0.29) is 6.10 Å². The Labute approximate surface area is 102 Å². The van der Waals surface area contributed by atoms with Gasteiger partial charge in [-0.2, -0.15) is 11.8 Å². The molecular weight excluding hydrogens is 216 g/mol. The summed E-state index contributed by atoms with van der Waals surface area (Å²) in [5.41, 5.74) is 2.32. The molecule has 1 nitrogen and oxygen atoms in total. The van der Waals surface area contributed by atoms with E-state index in [0.29, 0.717) is 0 Å². The van der Waals surface area contributed by atoms with Crippen LogP contribution in [-0.2, 0) is 0 Å². The molecule has 0 aliphatic carbocycles. The van der Waals surface area contributed by atoms with Gasteiger partial charge in [0.15, 0.2) is 0 Å². The second kappa shape index (κ2) is 5.74. The molecule has 0 radical (unpaired) electrons. The Kier molecular flexibility index (Phi) is 4.30. The van der Waals surface area contributed by atoms with Crippen LogP contribution < -0.4 is 0 Å². The quantitative estimate of drug-likeness (QED) is 0.866. The third-order valence-electron chi connectivity index (χ3n) is 3.44. The van der Waals surface area contributed by atoms with Gasteiger partial charge in [-0.3, -0.25) is 0 Å². The fourth-order valence-corrected chi connectivity index (χ4v) is 3.59. The molecule has 16 heavy (non-hydrogen) atoms. The molecule has 1 fully saturated rings. The van der Waals surface area contributed by atoms with Gasteiger partial charge in [0, 0.05) is 0 Å². The highest BCUT2D eigenvalue weighted by molar-refractivity contribution is 7.99. The van der Waals surface area contributed by atoms with Crippen molar-refractivity contribution < 1.29 is 5.11 Å². The van der Waals surface area contributed by atoms with Crippen molar-refractivity contribution in [3.63, 3.8) is 0 Å². The third kappa shape index (κ3) is 3.02. The smallest absolute Gasteiger partial charge is 0.0795 e. The van der Waals surface area contributed by atoms with Gasteiger partial charge in [-0.1, -0.05) is 24.3 Å². The highest BCUT2D eigenvalue weighted by atomic mass is 32.2. The van der Waals surface area contributed by atoms with E-state index in [1.807, 2.05) is 23.9 Å². The molecule has 1 unspecified atom stereocenters. The topological polar surface area (TPSA) is 20.2 Å². The minimum absolute atomic E-state index is 0.269. The van der Waals surface area contributed by atoms with Crippen molar-refractivity contribution in [3.8, 4) is 0 Å². The summed E-state index contributed by atoms with van der Waals surface area (Å²) in [6, 6.07) is 8.18. The minimum Gasteiger partial charge on any atom is -0.388 e. The van der Waals surface area contributed by atoms with E-state index in [0.717, 1.165) is 17.9 Å². The van der Waals surface area contributed by atoms with Gasteiger partial charge in [0.2, 0.25) is 0 Å². The van der Waals surface area contributed by atoms with Crippen LogP contribution in [0.5, 0.6) is 0 Å². The second-order valence-electron chi connectivity index (χ2n) is 4.66. The van der Waals surface area contributed by atoms with Crippen molar-refractivity contribution in [2.24, 2.45) is 5.92 Å². The van der Waals surface area contributed by atoms with Gasteiger partial charge in [0.1, 0.15) is 0 Å². The van der Waals surface area contributed by atoms with Crippen LogP contribution in [0.1, 0.15) is 36.5 Å².